The maximum atomic E-state index is 12.6. The quantitative estimate of drug-likeness (QED) is 0.603. The van der Waals surface area contributed by atoms with Crippen LogP contribution >= 0.6 is 0 Å². The van der Waals surface area contributed by atoms with Gasteiger partial charge in [-0.25, -0.2) is 8.78 Å². The maximum absolute atomic E-state index is 12.6. The fraction of sp³-hybridized carbons (Fsp3) is 0.429. The molecule has 0 aliphatic rings. The third kappa shape index (κ3) is 5.17. The number of halogens is 2. The van der Waals surface area contributed by atoms with E-state index in [2.05, 4.69) is 0 Å². The second-order valence-electron chi connectivity index (χ2n) is 4.22. The van der Waals surface area contributed by atoms with Gasteiger partial charge in [0, 0.05) is 12.0 Å². The van der Waals surface area contributed by atoms with E-state index < -0.39 is 5.92 Å². The molecule has 0 spiro atoms. The van der Waals surface area contributed by atoms with Crippen LogP contribution in [0.15, 0.2) is 30.3 Å². The second-order valence-corrected chi connectivity index (χ2v) is 4.22. The van der Waals surface area contributed by atoms with Gasteiger partial charge in [0.1, 0.15) is 11.5 Å². The Kier molecular flexibility index (Phi) is 5.13. The van der Waals surface area contributed by atoms with Gasteiger partial charge in [0.15, 0.2) is 0 Å². The van der Waals surface area contributed by atoms with Gasteiger partial charge in [-0.15, -0.1) is 0 Å². The maximum Gasteiger partial charge on any atom is 0.245 e. The van der Waals surface area contributed by atoms with Crippen molar-refractivity contribution in [2.24, 2.45) is 0 Å². The molecule has 0 aromatic heterocycles. The third-order valence-electron chi connectivity index (χ3n) is 2.43. The van der Waals surface area contributed by atoms with Gasteiger partial charge in [-0.05, 0) is 38.5 Å². The van der Waals surface area contributed by atoms with Crippen molar-refractivity contribution in [2.75, 3.05) is 6.61 Å². The number of benzene rings is 1. The summed E-state index contributed by atoms with van der Waals surface area (Å²) in [4.78, 5) is 0. The first-order valence-corrected chi connectivity index (χ1v) is 5.89. The van der Waals surface area contributed by atoms with Crippen LogP contribution in [0.2, 0.25) is 0 Å². The molecular formula is C14H18F2O2. The van der Waals surface area contributed by atoms with Crippen molar-refractivity contribution in [3.63, 3.8) is 0 Å². The molecule has 18 heavy (non-hydrogen) atoms. The Morgan fingerprint density at radius 1 is 1.44 bits per heavy atom. The first-order chi connectivity index (χ1) is 8.42. The molecule has 0 bridgehead atoms. The second kappa shape index (κ2) is 6.38. The summed E-state index contributed by atoms with van der Waals surface area (Å²) in [6.07, 6.45) is 1.69. The smallest absolute Gasteiger partial charge is 0.245 e. The summed E-state index contributed by atoms with van der Waals surface area (Å²) < 4.78 is 30.5. The molecule has 0 unspecified atom stereocenters. The Labute approximate surface area is 106 Å². The van der Waals surface area contributed by atoms with E-state index >= 15 is 0 Å². The van der Waals surface area contributed by atoms with Crippen LogP contribution in [-0.2, 0) is 0 Å². The number of allylic oxidation sites excluding steroid dienone is 1. The fourth-order valence-corrected chi connectivity index (χ4v) is 1.48. The number of hydrogen-bond donors (Lipinski definition) is 1. The molecule has 0 saturated carbocycles. The van der Waals surface area contributed by atoms with E-state index in [1.165, 1.54) is 0 Å². The van der Waals surface area contributed by atoms with Crippen LogP contribution in [0, 0.1) is 0 Å². The molecule has 0 aliphatic carbocycles. The van der Waals surface area contributed by atoms with Crippen molar-refractivity contribution in [1.82, 2.24) is 0 Å². The van der Waals surface area contributed by atoms with Crippen LogP contribution in [0.3, 0.4) is 0 Å². The van der Waals surface area contributed by atoms with Gasteiger partial charge in [0.05, 0.1) is 6.61 Å². The van der Waals surface area contributed by atoms with E-state index in [0.29, 0.717) is 17.7 Å². The lowest BCUT2D eigenvalue weighted by atomic mass is 10.1. The minimum absolute atomic E-state index is 0.167. The largest absolute Gasteiger partial charge is 0.508 e. The van der Waals surface area contributed by atoms with Crippen molar-refractivity contribution < 1.29 is 18.6 Å². The van der Waals surface area contributed by atoms with Crippen LogP contribution in [0.25, 0.3) is 5.76 Å². The summed E-state index contributed by atoms with van der Waals surface area (Å²) in [5.41, 5.74) is 0.649. The highest BCUT2D eigenvalue weighted by Gasteiger charge is 2.19. The third-order valence-corrected chi connectivity index (χ3v) is 2.43. The van der Waals surface area contributed by atoms with E-state index in [0.717, 1.165) is 6.92 Å². The standard InChI is InChI=1S/C14H18F2O2/c1-3-13(17)11-6-4-7-12(10-11)18-9-5-8-14(2,15)16/h3-4,6-7,10,17H,5,8-9H2,1-2H3. The lowest BCUT2D eigenvalue weighted by Crippen LogP contribution is -2.11. The molecule has 0 atom stereocenters. The number of aliphatic hydroxyl groups excluding tert-OH is 1. The molecule has 1 aromatic rings. The minimum atomic E-state index is -2.64. The van der Waals surface area contributed by atoms with Gasteiger partial charge in [-0.2, -0.15) is 0 Å². The first kappa shape index (κ1) is 14.5. The summed E-state index contributed by atoms with van der Waals surface area (Å²) in [6, 6.07) is 6.91. The molecule has 0 radical (unpaired) electrons. The molecule has 0 aliphatic heterocycles. The van der Waals surface area contributed by atoms with E-state index in [-0.39, 0.29) is 18.8 Å². The Morgan fingerprint density at radius 2 is 2.17 bits per heavy atom. The van der Waals surface area contributed by atoms with Crippen LogP contribution in [0.5, 0.6) is 5.75 Å². The number of ether oxygens (including phenoxy) is 1. The van der Waals surface area contributed by atoms with Crippen molar-refractivity contribution in [3.05, 3.63) is 35.9 Å². The topological polar surface area (TPSA) is 29.5 Å². The number of rotatable bonds is 6. The van der Waals surface area contributed by atoms with Crippen LogP contribution < -0.4 is 4.74 Å². The van der Waals surface area contributed by atoms with Crippen molar-refractivity contribution in [3.8, 4) is 5.75 Å². The summed E-state index contributed by atoms with van der Waals surface area (Å²) in [6.45, 7) is 2.87. The lowest BCUT2D eigenvalue weighted by Gasteiger charge is -2.11. The van der Waals surface area contributed by atoms with E-state index in [9.17, 15) is 13.9 Å². The van der Waals surface area contributed by atoms with Gasteiger partial charge < -0.3 is 9.84 Å². The van der Waals surface area contributed by atoms with E-state index in [1.54, 1.807) is 37.3 Å². The average Bonchev–Trinajstić information content (AvgIpc) is 2.33. The first-order valence-electron chi connectivity index (χ1n) is 5.89. The summed E-state index contributed by atoms with van der Waals surface area (Å²) in [5, 5.41) is 9.54. The molecule has 1 rings (SSSR count). The highest BCUT2D eigenvalue weighted by molar-refractivity contribution is 5.59. The molecule has 4 heteroatoms. The van der Waals surface area contributed by atoms with Gasteiger partial charge in [0.2, 0.25) is 5.92 Å². The van der Waals surface area contributed by atoms with Gasteiger partial charge >= 0.3 is 0 Å². The Morgan fingerprint density at radius 3 is 2.78 bits per heavy atom. The van der Waals surface area contributed by atoms with Gasteiger partial charge in [0.25, 0.3) is 0 Å². The Hall–Kier alpha value is -1.58. The lowest BCUT2D eigenvalue weighted by molar-refractivity contribution is 0.00769. The minimum Gasteiger partial charge on any atom is -0.508 e. The summed E-state index contributed by atoms with van der Waals surface area (Å²) in [7, 11) is 0. The Bertz CT molecular complexity index is 409. The molecular weight excluding hydrogens is 238 g/mol. The number of alkyl halides is 2. The predicted octanol–water partition coefficient (Wildman–Crippen LogP) is 4.42. The molecule has 0 heterocycles. The van der Waals surface area contributed by atoms with Crippen molar-refractivity contribution in [1.29, 1.82) is 0 Å². The Balaban J connectivity index is 2.48. The highest BCUT2D eigenvalue weighted by Crippen LogP contribution is 2.21. The number of aliphatic hydroxyl groups is 1. The van der Waals surface area contributed by atoms with Crippen molar-refractivity contribution in [2.45, 2.75) is 32.6 Å². The molecule has 1 aromatic carbocycles. The molecule has 1 N–H and O–H groups in total. The van der Waals surface area contributed by atoms with E-state index in [1.807, 2.05) is 0 Å². The molecule has 2 nitrogen and oxygen atoms in total. The predicted molar refractivity (Wildman–Crippen MR) is 68.1 cm³/mol. The molecule has 0 fully saturated rings. The van der Waals surface area contributed by atoms with E-state index in [4.69, 9.17) is 4.74 Å². The summed E-state index contributed by atoms with van der Waals surface area (Å²) >= 11 is 0. The van der Waals surface area contributed by atoms with Crippen LogP contribution in [-0.4, -0.2) is 17.6 Å². The van der Waals surface area contributed by atoms with Gasteiger partial charge in [-0.3, -0.25) is 0 Å². The van der Waals surface area contributed by atoms with Crippen LogP contribution in [0.4, 0.5) is 8.78 Å². The average molecular weight is 256 g/mol. The number of hydrogen-bond acceptors (Lipinski definition) is 2. The van der Waals surface area contributed by atoms with Gasteiger partial charge in [-0.1, -0.05) is 12.1 Å². The molecule has 0 amide bonds. The zero-order chi connectivity index (χ0) is 13.6. The zero-order valence-electron chi connectivity index (χ0n) is 10.6. The molecule has 0 saturated heterocycles. The SMILES string of the molecule is CC=C(O)c1cccc(OCCCC(C)(F)F)c1. The normalized spacial score (nSPS) is 12.6. The summed E-state index contributed by atoms with van der Waals surface area (Å²) in [5.74, 6) is -1.91. The highest BCUT2D eigenvalue weighted by atomic mass is 19.3. The fourth-order valence-electron chi connectivity index (χ4n) is 1.48. The van der Waals surface area contributed by atoms with Crippen molar-refractivity contribution >= 4 is 5.76 Å². The zero-order valence-corrected chi connectivity index (χ0v) is 10.6. The van der Waals surface area contributed by atoms with Crippen LogP contribution in [0.1, 0.15) is 32.3 Å². The molecule has 100 valence electrons. The monoisotopic (exact) mass is 256 g/mol.